The van der Waals surface area contributed by atoms with Crippen LogP contribution in [0.2, 0.25) is 0 Å². The maximum absolute atomic E-state index is 12.9. The summed E-state index contributed by atoms with van der Waals surface area (Å²) in [6.45, 7) is 7.02. The van der Waals surface area contributed by atoms with Gasteiger partial charge in [0.25, 0.3) is 0 Å². The van der Waals surface area contributed by atoms with Crippen LogP contribution in [-0.4, -0.2) is 96.7 Å². The first-order valence-electron chi connectivity index (χ1n) is 31.1. The first kappa shape index (κ1) is 76.1. The van der Waals surface area contributed by atoms with Crippen molar-refractivity contribution in [2.24, 2.45) is 5.92 Å². The maximum Gasteiger partial charge on any atom is 0.472 e. The molecule has 0 spiro atoms. The lowest BCUT2D eigenvalue weighted by Gasteiger charge is -2.21. The summed E-state index contributed by atoms with van der Waals surface area (Å²) in [4.78, 5) is 71.8. The SMILES string of the molecule is CCCCCCCCCCCCCCCC(=O)O[C@H](COC(=O)CCCCCCCCC(C)C)COP(=O)(O)OC[C@@H](O)COP(=O)(O)OC[C@@H](COC(=O)CCCCCCCCC)OC(=O)CCCCCCCCCCC. The van der Waals surface area contributed by atoms with E-state index in [0.29, 0.717) is 31.6 Å². The van der Waals surface area contributed by atoms with E-state index in [9.17, 15) is 43.2 Å². The van der Waals surface area contributed by atoms with E-state index in [-0.39, 0.29) is 25.7 Å². The van der Waals surface area contributed by atoms with Crippen LogP contribution >= 0.6 is 15.6 Å². The van der Waals surface area contributed by atoms with Crippen LogP contribution in [0.1, 0.15) is 291 Å². The molecule has 19 heteroatoms. The summed E-state index contributed by atoms with van der Waals surface area (Å²) < 4.78 is 67.6. The van der Waals surface area contributed by atoms with Gasteiger partial charge in [-0.2, -0.15) is 0 Å². The molecule has 0 radical (unpaired) electrons. The van der Waals surface area contributed by atoms with Crippen molar-refractivity contribution in [1.29, 1.82) is 0 Å². The highest BCUT2D eigenvalue weighted by molar-refractivity contribution is 7.47. The van der Waals surface area contributed by atoms with Crippen molar-refractivity contribution in [2.45, 2.75) is 310 Å². The molecule has 17 nitrogen and oxygen atoms in total. The van der Waals surface area contributed by atoms with Crippen molar-refractivity contribution in [1.82, 2.24) is 0 Å². The predicted molar refractivity (Wildman–Crippen MR) is 308 cm³/mol. The number of hydrogen-bond acceptors (Lipinski definition) is 15. The zero-order valence-corrected chi connectivity index (χ0v) is 51.6. The Balaban J connectivity index is 5.20. The lowest BCUT2D eigenvalue weighted by Crippen LogP contribution is -2.30. The molecule has 0 aromatic heterocycles. The first-order chi connectivity index (χ1) is 37.5. The topological polar surface area (TPSA) is 237 Å². The van der Waals surface area contributed by atoms with Crippen LogP contribution in [0.4, 0.5) is 0 Å². The van der Waals surface area contributed by atoms with Gasteiger partial charge >= 0.3 is 39.5 Å². The minimum absolute atomic E-state index is 0.105. The standard InChI is InChI=1S/C59H114O17P2/c1-6-9-12-15-18-20-21-22-23-25-28-35-40-45-59(64)76-55(49-70-57(62)43-38-33-30-29-31-36-41-52(4)5)51-74-78(67,68)72-47-53(60)46-71-77(65,66)73-50-54(48-69-56(61)42-37-32-26-17-14-11-8-3)75-58(63)44-39-34-27-24-19-16-13-10-7-2/h52-55,60H,6-51H2,1-5H3,(H,65,66)(H,67,68)/t53-,54+,55+/m0/s1. The highest BCUT2D eigenvalue weighted by Crippen LogP contribution is 2.45. The van der Waals surface area contributed by atoms with Crippen LogP contribution in [0.15, 0.2) is 0 Å². The Morgan fingerprint density at radius 1 is 0.346 bits per heavy atom. The summed E-state index contributed by atoms with van der Waals surface area (Å²) in [5.74, 6) is -1.47. The molecule has 0 aromatic rings. The second-order valence-electron chi connectivity index (χ2n) is 21.9. The Morgan fingerprint density at radius 3 is 0.872 bits per heavy atom. The molecular weight excluding hydrogens is 1040 g/mol. The average molecular weight is 1160 g/mol. The highest BCUT2D eigenvalue weighted by Gasteiger charge is 2.30. The molecule has 0 bridgehead atoms. The summed E-state index contributed by atoms with van der Waals surface area (Å²) >= 11 is 0. The van der Waals surface area contributed by atoms with Crippen molar-refractivity contribution in [3.05, 3.63) is 0 Å². The molecule has 0 saturated carbocycles. The highest BCUT2D eigenvalue weighted by atomic mass is 31.2. The van der Waals surface area contributed by atoms with Crippen molar-refractivity contribution in [3.8, 4) is 0 Å². The lowest BCUT2D eigenvalue weighted by atomic mass is 10.0. The van der Waals surface area contributed by atoms with E-state index in [1.54, 1.807) is 0 Å². The number of carbonyl (C=O) groups excluding carboxylic acids is 4. The summed E-state index contributed by atoms with van der Waals surface area (Å²) in [5.41, 5.74) is 0. The van der Waals surface area contributed by atoms with Crippen LogP contribution < -0.4 is 0 Å². The van der Waals surface area contributed by atoms with Crippen molar-refractivity contribution in [3.63, 3.8) is 0 Å². The molecule has 0 aliphatic carbocycles. The second-order valence-corrected chi connectivity index (χ2v) is 24.8. The number of unbranched alkanes of at least 4 members (excludes halogenated alkanes) is 31. The molecule has 462 valence electrons. The molecule has 0 heterocycles. The summed E-state index contributed by atoms with van der Waals surface area (Å²) in [7, 11) is -9.87. The number of carbonyl (C=O) groups is 4. The summed E-state index contributed by atoms with van der Waals surface area (Å²) in [6.07, 6.45) is 35.0. The fourth-order valence-electron chi connectivity index (χ4n) is 8.70. The average Bonchev–Trinajstić information content (AvgIpc) is 3.40. The molecule has 78 heavy (non-hydrogen) atoms. The van der Waals surface area contributed by atoms with E-state index in [1.165, 1.54) is 96.3 Å². The van der Waals surface area contributed by atoms with Gasteiger partial charge in [0.1, 0.15) is 19.3 Å². The monoisotopic (exact) mass is 1160 g/mol. The number of aliphatic hydroxyl groups excluding tert-OH is 1. The van der Waals surface area contributed by atoms with Crippen molar-refractivity contribution < 1.29 is 80.2 Å². The van der Waals surface area contributed by atoms with E-state index in [1.807, 2.05) is 0 Å². The number of phosphoric ester groups is 2. The number of ether oxygens (including phenoxy) is 4. The predicted octanol–water partition coefficient (Wildman–Crippen LogP) is 15.8. The summed E-state index contributed by atoms with van der Waals surface area (Å²) in [5, 5.41) is 10.5. The van der Waals surface area contributed by atoms with Gasteiger partial charge < -0.3 is 33.8 Å². The Kier molecular flexibility index (Phi) is 51.8. The molecule has 5 atom stereocenters. The van der Waals surface area contributed by atoms with Gasteiger partial charge in [-0.1, -0.05) is 240 Å². The van der Waals surface area contributed by atoms with E-state index in [0.717, 1.165) is 109 Å². The van der Waals surface area contributed by atoms with Gasteiger partial charge in [0.15, 0.2) is 12.2 Å². The van der Waals surface area contributed by atoms with Crippen LogP contribution in [0, 0.1) is 5.92 Å². The zero-order chi connectivity index (χ0) is 57.8. The van der Waals surface area contributed by atoms with Crippen LogP contribution in [0.3, 0.4) is 0 Å². The Labute approximate surface area is 473 Å². The summed E-state index contributed by atoms with van der Waals surface area (Å²) in [6, 6.07) is 0. The molecule has 3 N–H and O–H groups in total. The van der Waals surface area contributed by atoms with E-state index in [4.69, 9.17) is 37.0 Å². The number of hydrogen-bond donors (Lipinski definition) is 3. The first-order valence-corrected chi connectivity index (χ1v) is 34.1. The zero-order valence-electron chi connectivity index (χ0n) is 49.8. The largest absolute Gasteiger partial charge is 0.472 e. The molecule has 0 aliphatic rings. The Hall–Kier alpha value is -1.94. The normalized spacial score (nSPS) is 14.4. The molecule has 0 aliphatic heterocycles. The third kappa shape index (κ3) is 53.4. The number of esters is 4. The van der Waals surface area contributed by atoms with Gasteiger partial charge in [0, 0.05) is 25.7 Å². The second kappa shape index (κ2) is 53.1. The minimum atomic E-state index is -4.94. The molecular formula is C59H114O17P2. The van der Waals surface area contributed by atoms with Gasteiger partial charge in [-0.15, -0.1) is 0 Å². The number of phosphoric acid groups is 2. The van der Waals surface area contributed by atoms with Crippen LogP contribution in [-0.2, 0) is 65.4 Å². The minimum Gasteiger partial charge on any atom is -0.462 e. The van der Waals surface area contributed by atoms with Gasteiger partial charge in [0.05, 0.1) is 26.4 Å². The van der Waals surface area contributed by atoms with Crippen LogP contribution in [0.25, 0.3) is 0 Å². The van der Waals surface area contributed by atoms with E-state index in [2.05, 4.69) is 34.6 Å². The van der Waals surface area contributed by atoms with Crippen molar-refractivity contribution in [2.75, 3.05) is 39.6 Å². The quantitative estimate of drug-likeness (QED) is 0.0222. The van der Waals surface area contributed by atoms with Gasteiger partial charge in [-0.25, -0.2) is 9.13 Å². The van der Waals surface area contributed by atoms with Gasteiger partial charge in [-0.3, -0.25) is 37.3 Å². The van der Waals surface area contributed by atoms with E-state index >= 15 is 0 Å². The Morgan fingerprint density at radius 2 is 0.590 bits per heavy atom. The van der Waals surface area contributed by atoms with Crippen LogP contribution in [0.5, 0.6) is 0 Å². The maximum atomic E-state index is 12.9. The molecule has 2 unspecified atom stereocenters. The third-order valence-corrected chi connectivity index (χ3v) is 15.4. The van der Waals surface area contributed by atoms with Gasteiger partial charge in [0.2, 0.25) is 0 Å². The molecule has 0 saturated heterocycles. The number of aliphatic hydroxyl groups is 1. The molecule has 0 fully saturated rings. The Bertz CT molecular complexity index is 1530. The molecule has 0 aromatic carbocycles. The van der Waals surface area contributed by atoms with E-state index < -0.39 is 97.5 Å². The number of rotatable bonds is 59. The fourth-order valence-corrected chi connectivity index (χ4v) is 10.3. The lowest BCUT2D eigenvalue weighted by molar-refractivity contribution is -0.161. The smallest absolute Gasteiger partial charge is 0.462 e. The third-order valence-electron chi connectivity index (χ3n) is 13.5. The molecule has 0 rings (SSSR count). The fraction of sp³-hybridized carbons (Fsp3) is 0.932. The van der Waals surface area contributed by atoms with Crippen molar-refractivity contribution >= 4 is 39.5 Å². The molecule has 0 amide bonds. The van der Waals surface area contributed by atoms with Gasteiger partial charge in [-0.05, 0) is 31.6 Å².